The van der Waals surface area contributed by atoms with Gasteiger partial charge in [0, 0.05) is 26.0 Å². The van der Waals surface area contributed by atoms with Crippen LogP contribution in [0.5, 0.6) is 0 Å². The fourth-order valence-electron chi connectivity index (χ4n) is 1.55. The Morgan fingerprint density at radius 2 is 2.29 bits per heavy atom. The zero-order chi connectivity index (χ0) is 10.4. The maximum absolute atomic E-state index is 8.88. The molecule has 0 unspecified atom stereocenters. The molecule has 14 heavy (non-hydrogen) atoms. The first-order valence-electron chi connectivity index (χ1n) is 4.91. The molecule has 0 amide bonds. The van der Waals surface area contributed by atoms with Crippen LogP contribution in [0.3, 0.4) is 0 Å². The molecule has 76 valence electrons. The van der Waals surface area contributed by atoms with Crippen molar-refractivity contribution in [2.45, 2.75) is 26.3 Å². The third kappa shape index (κ3) is 2.36. The quantitative estimate of drug-likeness (QED) is 0.669. The number of methoxy groups -OCH3 is 1. The molecule has 0 aliphatic carbocycles. The van der Waals surface area contributed by atoms with E-state index in [-0.39, 0.29) is 0 Å². The fourth-order valence-corrected chi connectivity index (χ4v) is 1.55. The molecule has 0 fully saturated rings. The van der Waals surface area contributed by atoms with Crippen LogP contribution in [-0.4, -0.2) is 18.3 Å². The fraction of sp³-hybridized carbons (Fsp3) is 0.545. The van der Waals surface area contributed by atoms with E-state index in [1.807, 2.05) is 12.1 Å². The molecule has 3 heteroatoms. The van der Waals surface area contributed by atoms with Gasteiger partial charge in [-0.2, -0.15) is 5.26 Å². The molecule has 1 aromatic heterocycles. The highest BCUT2D eigenvalue weighted by Crippen LogP contribution is 2.10. The van der Waals surface area contributed by atoms with Gasteiger partial charge in [-0.25, -0.2) is 0 Å². The van der Waals surface area contributed by atoms with Gasteiger partial charge in [-0.1, -0.05) is 6.92 Å². The molecule has 0 saturated carbocycles. The molecule has 0 N–H and O–H groups in total. The van der Waals surface area contributed by atoms with E-state index in [4.69, 9.17) is 10.00 Å². The lowest BCUT2D eigenvalue weighted by molar-refractivity contribution is 0.190. The predicted molar refractivity (Wildman–Crippen MR) is 55.0 cm³/mol. The van der Waals surface area contributed by atoms with Crippen molar-refractivity contribution in [3.8, 4) is 6.07 Å². The van der Waals surface area contributed by atoms with Gasteiger partial charge in [0.15, 0.2) is 0 Å². The average Bonchev–Trinajstić information content (AvgIpc) is 2.60. The third-order valence-electron chi connectivity index (χ3n) is 2.28. The lowest BCUT2D eigenvalue weighted by Gasteiger charge is -2.08. The number of nitrogens with zero attached hydrogens (tertiary/aromatic N) is 2. The van der Waals surface area contributed by atoms with Gasteiger partial charge in [-0.3, -0.25) is 0 Å². The van der Waals surface area contributed by atoms with Crippen molar-refractivity contribution >= 4 is 0 Å². The summed E-state index contributed by atoms with van der Waals surface area (Å²) in [5.74, 6) is 0. The molecular weight excluding hydrogens is 176 g/mol. The van der Waals surface area contributed by atoms with Crippen LogP contribution >= 0.6 is 0 Å². The van der Waals surface area contributed by atoms with Crippen LogP contribution in [0.1, 0.15) is 24.7 Å². The minimum Gasteiger partial charge on any atom is -0.385 e. The normalized spacial score (nSPS) is 10.1. The third-order valence-corrected chi connectivity index (χ3v) is 2.28. The van der Waals surface area contributed by atoms with Crippen LogP contribution in [0.2, 0.25) is 0 Å². The predicted octanol–water partition coefficient (Wildman–Crippen LogP) is 1.96. The van der Waals surface area contributed by atoms with Crippen LogP contribution in [0, 0.1) is 11.3 Å². The zero-order valence-electron chi connectivity index (χ0n) is 8.79. The second-order valence-electron chi connectivity index (χ2n) is 3.17. The Hall–Kier alpha value is -1.27. The number of hydrogen-bond donors (Lipinski definition) is 0. The monoisotopic (exact) mass is 192 g/mol. The van der Waals surface area contributed by atoms with Crippen LogP contribution < -0.4 is 0 Å². The van der Waals surface area contributed by atoms with Crippen LogP contribution in [0.15, 0.2) is 12.1 Å². The van der Waals surface area contributed by atoms with E-state index in [1.54, 1.807) is 7.11 Å². The Labute approximate surface area is 84.9 Å². The number of hydrogen-bond acceptors (Lipinski definition) is 2. The van der Waals surface area contributed by atoms with E-state index in [9.17, 15) is 0 Å². The van der Waals surface area contributed by atoms with E-state index < -0.39 is 0 Å². The summed E-state index contributed by atoms with van der Waals surface area (Å²) in [7, 11) is 1.70. The van der Waals surface area contributed by atoms with Gasteiger partial charge in [0.1, 0.15) is 11.8 Å². The van der Waals surface area contributed by atoms with Gasteiger partial charge < -0.3 is 9.30 Å². The minimum atomic E-state index is 0.742. The number of aryl methyl sites for hydroxylation is 1. The SMILES string of the molecule is CCc1ccc(C#N)n1CCCOC. The molecule has 0 atom stereocenters. The highest BCUT2D eigenvalue weighted by atomic mass is 16.5. The van der Waals surface area contributed by atoms with E-state index in [0.717, 1.165) is 31.7 Å². The molecule has 0 aromatic carbocycles. The number of rotatable bonds is 5. The summed E-state index contributed by atoms with van der Waals surface area (Å²) in [5, 5.41) is 8.88. The van der Waals surface area contributed by atoms with Crippen LogP contribution in [-0.2, 0) is 17.7 Å². The van der Waals surface area contributed by atoms with Gasteiger partial charge in [0.2, 0.25) is 0 Å². The van der Waals surface area contributed by atoms with Crippen molar-refractivity contribution in [2.75, 3.05) is 13.7 Å². The summed E-state index contributed by atoms with van der Waals surface area (Å²) in [4.78, 5) is 0. The van der Waals surface area contributed by atoms with Gasteiger partial charge in [0.05, 0.1) is 0 Å². The van der Waals surface area contributed by atoms with E-state index in [1.165, 1.54) is 5.69 Å². The Morgan fingerprint density at radius 1 is 1.50 bits per heavy atom. The number of ether oxygens (including phenoxy) is 1. The summed E-state index contributed by atoms with van der Waals surface area (Å²) in [6, 6.07) is 6.10. The second kappa shape index (κ2) is 5.46. The van der Waals surface area contributed by atoms with Crippen molar-refractivity contribution in [1.29, 1.82) is 5.26 Å². The summed E-state index contributed by atoms with van der Waals surface area (Å²) in [6.45, 7) is 3.71. The van der Waals surface area contributed by atoms with E-state index in [2.05, 4.69) is 17.6 Å². The summed E-state index contributed by atoms with van der Waals surface area (Å²) >= 11 is 0. The molecule has 1 rings (SSSR count). The summed E-state index contributed by atoms with van der Waals surface area (Å²) < 4.78 is 7.06. The van der Waals surface area contributed by atoms with Crippen molar-refractivity contribution in [3.05, 3.63) is 23.5 Å². The molecular formula is C11H16N2O. The molecule has 0 spiro atoms. The number of aromatic nitrogens is 1. The van der Waals surface area contributed by atoms with Crippen molar-refractivity contribution in [3.63, 3.8) is 0 Å². The Morgan fingerprint density at radius 3 is 2.86 bits per heavy atom. The lowest BCUT2D eigenvalue weighted by atomic mass is 10.3. The zero-order valence-corrected chi connectivity index (χ0v) is 8.79. The maximum Gasteiger partial charge on any atom is 0.120 e. The van der Waals surface area contributed by atoms with Gasteiger partial charge in [-0.15, -0.1) is 0 Å². The first kappa shape index (κ1) is 10.8. The van der Waals surface area contributed by atoms with Crippen molar-refractivity contribution in [2.24, 2.45) is 0 Å². The average molecular weight is 192 g/mol. The highest BCUT2D eigenvalue weighted by molar-refractivity contribution is 5.27. The largest absolute Gasteiger partial charge is 0.385 e. The first-order valence-corrected chi connectivity index (χ1v) is 4.91. The molecule has 0 aliphatic rings. The Bertz CT molecular complexity index is 323. The summed E-state index contributed by atoms with van der Waals surface area (Å²) in [6.07, 6.45) is 1.92. The molecule has 0 bridgehead atoms. The molecule has 0 aliphatic heterocycles. The molecule has 0 saturated heterocycles. The lowest BCUT2D eigenvalue weighted by Crippen LogP contribution is -2.06. The van der Waals surface area contributed by atoms with Crippen molar-refractivity contribution < 1.29 is 4.74 Å². The van der Waals surface area contributed by atoms with E-state index in [0.29, 0.717) is 0 Å². The van der Waals surface area contributed by atoms with Crippen LogP contribution in [0.4, 0.5) is 0 Å². The Balaban J connectivity index is 2.71. The minimum absolute atomic E-state index is 0.742. The molecule has 1 aromatic rings. The Kier molecular flexibility index (Phi) is 4.21. The van der Waals surface area contributed by atoms with Crippen LogP contribution in [0.25, 0.3) is 0 Å². The molecule has 1 heterocycles. The smallest absolute Gasteiger partial charge is 0.120 e. The van der Waals surface area contributed by atoms with Gasteiger partial charge in [-0.05, 0) is 25.0 Å². The molecule has 3 nitrogen and oxygen atoms in total. The van der Waals surface area contributed by atoms with E-state index >= 15 is 0 Å². The maximum atomic E-state index is 8.88. The topological polar surface area (TPSA) is 38.0 Å². The highest BCUT2D eigenvalue weighted by Gasteiger charge is 2.05. The van der Waals surface area contributed by atoms with Crippen molar-refractivity contribution in [1.82, 2.24) is 4.57 Å². The van der Waals surface area contributed by atoms with Gasteiger partial charge >= 0.3 is 0 Å². The first-order chi connectivity index (χ1) is 6.83. The standard InChI is InChI=1S/C11H16N2O/c1-3-10-5-6-11(9-12)13(10)7-4-8-14-2/h5-6H,3-4,7-8H2,1-2H3. The number of nitriles is 1. The molecule has 0 radical (unpaired) electrons. The summed E-state index contributed by atoms with van der Waals surface area (Å²) in [5.41, 5.74) is 1.97. The van der Waals surface area contributed by atoms with Gasteiger partial charge in [0.25, 0.3) is 0 Å². The second-order valence-corrected chi connectivity index (χ2v) is 3.17.